The van der Waals surface area contributed by atoms with Crippen molar-refractivity contribution in [3.63, 3.8) is 0 Å². The Balaban J connectivity index is 2.39. The highest BCUT2D eigenvalue weighted by Crippen LogP contribution is 2.16. The van der Waals surface area contributed by atoms with E-state index in [9.17, 15) is 10.0 Å². The Morgan fingerprint density at radius 1 is 1.28 bits per heavy atom. The highest BCUT2D eigenvalue weighted by atomic mass is 16.6. The van der Waals surface area contributed by atoms with Crippen molar-refractivity contribution in [3.8, 4) is 0 Å². The van der Waals surface area contributed by atoms with Gasteiger partial charge >= 0.3 is 5.97 Å². The number of ether oxygens (including phenoxy) is 1. The Kier molecular flexibility index (Phi) is 2.95. The van der Waals surface area contributed by atoms with E-state index in [1.54, 1.807) is 30.3 Å². The molecule has 0 fully saturated rings. The Labute approximate surface area is 105 Å². The number of hydrogen-bond acceptors (Lipinski definition) is 3. The van der Waals surface area contributed by atoms with Crippen LogP contribution in [0.5, 0.6) is 0 Å². The molecule has 0 radical (unpaired) electrons. The lowest BCUT2D eigenvalue weighted by Crippen LogP contribution is -2.26. The zero-order valence-electron chi connectivity index (χ0n) is 10.6. The van der Waals surface area contributed by atoms with Gasteiger partial charge in [-0.3, -0.25) is 0 Å². The van der Waals surface area contributed by atoms with Gasteiger partial charge in [0.2, 0.25) is 5.52 Å². The quantitative estimate of drug-likeness (QED) is 0.440. The molecule has 0 saturated carbocycles. The predicted molar refractivity (Wildman–Crippen MR) is 68.1 cm³/mol. The molecule has 0 amide bonds. The molecular weight excluding hydrogens is 230 g/mol. The molecule has 0 unspecified atom stereocenters. The monoisotopic (exact) mass is 245 g/mol. The van der Waals surface area contributed by atoms with Crippen LogP contribution in [0, 0.1) is 5.21 Å². The molecule has 1 aromatic carbocycles. The van der Waals surface area contributed by atoms with Gasteiger partial charge in [0.05, 0.1) is 5.56 Å². The number of rotatable bonds is 1. The Bertz CT molecular complexity index is 600. The standard InChI is InChI=1S/C14H15NO3/c1-14(2,3)18-13(16)11-6-7-12-10(9-11)5-4-8-15(12)17/h4-9H,1-3H3. The lowest BCUT2D eigenvalue weighted by molar-refractivity contribution is -0.577. The van der Waals surface area contributed by atoms with E-state index < -0.39 is 5.60 Å². The molecule has 2 aromatic rings. The molecule has 1 heterocycles. The van der Waals surface area contributed by atoms with Crippen LogP contribution in [0.2, 0.25) is 0 Å². The first kappa shape index (κ1) is 12.4. The van der Waals surface area contributed by atoms with Crippen molar-refractivity contribution in [2.75, 3.05) is 0 Å². The number of aromatic nitrogens is 1. The van der Waals surface area contributed by atoms with Crippen LogP contribution in [0.3, 0.4) is 0 Å². The molecule has 1 aromatic heterocycles. The van der Waals surface area contributed by atoms with Gasteiger partial charge in [-0.2, -0.15) is 4.73 Å². The molecule has 0 spiro atoms. The molecular formula is C14H15NO3. The summed E-state index contributed by atoms with van der Waals surface area (Å²) in [6, 6.07) is 8.33. The average molecular weight is 245 g/mol. The Morgan fingerprint density at radius 2 is 2.00 bits per heavy atom. The van der Waals surface area contributed by atoms with Gasteiger partial charge in [0.1, 0.15) is 5.60 Å². The van der Waals surface area contributed by atoms with E-state index in [2.05, 4.69) is 0 Å². The minimum absolute atomic E-state index is 0.384. The van der Waals surface area contributed by atoms with Crippen LogP contribution >= 0.6 is 0 Å². The molecule has 4 nitrogen and oxygen atoms in total. The fourth-order valence-electron chi connectivity index (χ4n) is 1.66. The maximum absolute atomic E-state index is 11.9. The summed E-state index contributed by atoms with van der Waals surface area (Å²) >= 11 is 0. The Morgan fingerprint density at radius 3 is 2.67 bits per heavy atom. The van der Waals surface area contributed by atoms with Crippen LogP contribution in [0.1, 0.15) is 31.1 Å². The van der Waals surface area contributed by atoms with Gasteiger partial charge in [-0.05, 0) is 39.0 Å². The lowest BCUT2D eigenvalue weighted by Gasteiger charge is -2.19. The van der Waals surface area contributed by atoms with Gasteiger partial charge in [0.25, 0.3) is 0 Å². The van der Waals surface area contributed by atoms with Crippen LogP contribution in [-0.2, 0) is 4.74 Å². The summed E-state index contributed by atoms with van der Waals surface area (Å²) in [5, 5.41) is 12.2. The molecule has 94 valence electrons. The lowest BCUT2D eigenvalue weighted by atomic mass is 10.1. The van der Waals surface area contributed by atoms with Gasteiger partial charge in [-0.1, -0.05) is 0 Å². The normalized spacial score (nSPS) is 11.5. The third-order valence-electron chi connectivity index (χ3n) is 2.40. The fraction of sp³-hybridized carbons (Fsp3) is 0.286. The number of esters is 1. The van der Waals surface area contributed by atoms with Crippen molar-refractivity contribution < 1.29 is 14.3 Å². The molecule has 0 N–H and O–H groups in total. The SMILES string of the molecule is CC(C)(C)OC(=O)c1ccc2c(ccc[n+]2[O-])c1. The summed E-state index contributed by atoms with van der Waals surface area (Å²) in [5.74, 6) is -0.384. The van der Waals surface area contributed by atoms with Crippen LogP contribution in [0.25, 0.3) is 10.9 Å². The van der Waals surface area contributed by atoms with Crippen LogP contribution < -0.4 is 4.73 Å². The van der Waals surface area contributed by atoms with Crippen molar-refractivity contribution in [1.82, 2.24) is 0 Å². The van der Waals surface area contributed by atoms with E-state index >= 15 is 0 Å². The average Bonchev–Trinajstić information content (AvgIpc) is 2.26. The van der Waals surface area contributed by atoms with E-state index in [0.29, 0.717) is 11.1 Å². The molecule has 0 saturated heterocycles. The molecule has 4 heteroatoms. The molecule has 0 aliphatic carbocycles. The van der Waals surface area contributed by atoms with E-state index in [1.165, 1.54) is 6.20 Å². The first-order chi connectivity index (χ1) is 8.37. The topological polar surface area (TPSA) is 53.2 Å². The second-order valence-corrected chi connectivity index (χ2v) is 5.11. The largest absolute Gasteiger partial charge is 0.618 e. The van der Waals surface area contributed by atoms with E-state index in [-0.39, 0.29) is 5.97 Å². The smallest absolute Gasteiger partial charge is 0.338 e. The highest BCUT2D eigenvalue weighted by molar-refractivity contribution is 5.94. The maximum Gasteiger partial charge on any atom is 0.338 e. The van der Waals surface area contributed by atoms with Crippen molar-refractivity contribution in [3.05, 3.63) is 47.3 Å². The highest BCUT2D eigenvalue weighted by Gasteiger charge is 2.18. The summed E-state index contributed by atoms with van der Waals surface area (Å²) in [4.78, 5) is 11.9. The van der Waals surface area contributed by atoms with E-state index in [1.807, 2.05) is 20.8 Å². The second kappa shape index (κ2) is 4.29. The van der Waals surface area contributed by atoms with E-state index in [0.717, 1.165) is 10.1 Å². The van der Waals surface area contributed by atoms with Gasteiger partial charge in [-0.25, -0.2) is 4.79 Å². The fourth-order valence-corrected chi connectivity index (χ4v) is 1.66. The number of carbonyl (C=O) groups is 1. The molecule has 0 bridgehead atoms. The summed E-state index contributed by atoms with van der Waals surface area (Å²) in [7, 11) is 0. The van der Waals surface area contributed by atoms with Crippen molar-refractivity contribution in [2.24, 2.45) is 0 Å². The third kappa shape index (κ3) is 2.59. The molecule has 0 atom stereocenters. The molecule has 0 aliphatic heterocycles. The zero-order chi connectivity index (χ0) is 13.3. The predicted octanol–water partition coefficient (Wildman–Crippen LogP) is 2.43. The maximum atomic E-state index is 11.9. The van der Waals surface area contributed by atoms with Crippen LogP contribution in [-0.4, -0.2) is 11.6 Å². The van der Waals surface area contributed by atoms with Crippen molar-refractivity contribution in [2.45, 2.75) is 26.4 Å². The minimum atomic E-state index is -0.527. The number of benzene rings is 1. The van der Waals surface area contributed by atoms with Crippen molar-refractivity contribution >= 4 is 16.9 Å². The second-order valence-electron chi connectivity index (χ2n) is 5.11. The first-order valence-electron chi connectivity index (χ1n) is 5.72. The van der Waals surface area contributed by atoms with E-state index in [4.69, 9.17) is 4.74 Å². The minimum Gasteiger partial charge on any atom is -0.618 e. The summed E-state index contributed by atoms with van der Waals surface area (Å²) in [6.45, 7) is 5.45. The first-order valence-corrected chi connectivity index (χ1v) is 5.72. The number of fused-ring (bicyclic) bond motifs is 1. The van der Waals surface area contributed by atoms with Gasteiger partial charge in [0.15, 0.2) is 6.20 Å². The number of pyridine rings is 1. The van der Waals surface area contributed by atoms with Gasteiger partial charge in [-0.15, -0.1) is 0 Å². The summed E-state index contributed by atoms with van der Waals surface area (Å²) in [6.07, 6.45) is 1.43. The van der Waals surface area contributed by atoms with Crippen LogP contribution in [0.4, 0.5) is 0 Å². The van der Waals surface area contributed by atoms with Gasteiger partial charge < -0.3 is 9.94 Å². The van der Waals surface area contributed by atoms with Gasteiger partial charge in [0, 0.05) is 17.5 Å². The Hall–Kier alpha value is -2.10. The third-order valence-corrected chi connectivity index (χ3v) is 2.40. The molecule has 18 heavy (non-hydrogen) atoms. The molecule has 0 aliphatic rings. The summed E-state index contributed by atoms with van der Waals surface area (Å²) in [5.41, 5.74) is 0.453. The zero-order valence-corrected chi connectivity index (χ0v) is 10.6. The number of hydrogen-bond donors (Lipinski definition) is 0. The number of nitrogens with zero attached hydrogens (tertiary/aromatic N) is 1. The summed E-state index contributed by atoms with van der Waals surface area (Å²) < 4.78 is 6.05. The van der Waals surface area contributed by atoms with Crippen LogP contribution in [0.15, 0.2) is 36.5 Å². The number of carbonyl (C=O) groups excluding carboxylic acids is 1. The molecule has 2 rings (SSSR count). The van der Waals surface area contributed by atoms with Crippen molar-refractivity contribution in [1.29, 1.82) is 0 Å².